The molecule has 4 rings (SSSR count). The Hall–Kier alpha value is -2.35. The summed E-state index contributed by atoms with van der Waals surface area (Å²) in [6.07, 6.45) is 3.06. The first-order chi connectivity index (χ1) is 11.1. The molecule has 2 heterocycles. The summed E-state index contributed by atoms with van der Waals surface area (Å²) in [5.74, 6) is -3.02. The van der Waals surface area contributed by atoms with Crippen LogP contribution >= 0.6 is 11.6 Å². The number of halogens is 4. The number of aromatic nitrogens is 4. The summed E-state index contributed by atoms with van der Waals surface area (Å²) in [5, 5.41) is 6.92. The van der Waals surface area contributed by atoms with Gasteiger partial charge in [0.05, 0.1) is 11.1 Å². The molecule has 1 N–H and O–H groups in total. The van der Waals surface area contributed by atoms with Crippen LogP contribution in [-0.4, -0.2) is 25.6 Å². The van der Waals surface area contributed by atoms with Gasteiger partial charge in [0.1, 0.15) is 23.1 Å². The zero-order valence-corrected chi connectivity index (χ0v) is 12.3. The van der Waals surface area contributed by atoms with E-state index in [4.69, 9.17) is 11.6 Å². The smallest absolute Gasteiger partial charge is 0.255 e. The van der Waals surface area contributed by atoms with Crippen LogP contribution in [0.25, 0.3) is 16.9 Å². The van der Waals surface area contributed by atoms with Gasteiger partial charge in [0.2, 0.25) is 0 Å². The Morgan fingerprint density at radius 2 is 1.87 bits per heavy atom. The molecule has 0 bridgehead atoms. The zero-order valence-electron chi connectivity index (χ0n) is 11.5. The molecule has 0 unspecified atom stereocenters. The molecule has 9 heteroatoms. The van der Waals surface area contributed by atoms with Gasteiger partial charge >= 0.3 is 0 Å². The molecule has 0 atom stereocenters. The Morgan fingerprint density at radius 3 is 2.61 bits per heavy atom. The minimum absolute atomic E-state index is 0.0777. The highest BCUT2D eigenvalue weighted by atomic mass is 35.5. The SMILES string of the molecule is Fc1ccc(F)c(-c2c(Cl)nc3ncnn3c2NC2CC2)c1F. The third kappa shape index (κ3) is 2.29. The first-order valence-electron chi connectivity index (χ1n) is 6.86. The average molecular weight is 340 g/mol. The summed E-state index contributed by atoms with van der Waals surface area (Å²) in [5.41, 5.74) is -0.658. The molecule has 1 fully saturated rings. The van der Waals surface area contributed by atoms with Gasteiger partial charge in [-0.1, -0.05) is 11.6 Å². The Balaban J connectivity index is 2.06. The quantitative estimate of drug-likeness (QED) is 0.586. The van der Waals surface area contributed by atoms with E-state index < -0.39 is 23.0 Å². The lowest BCUT2D eigenvalue weighted by atomic mass is 10.1. The van der Waals surface area contributed by atoms with Gasteiger partial charge in [-0.2, -0.15) is 19.6 Å². The molecule has 0 aliphatic heterocycles. The van der Waals surface area contributed by atoms with Crippen molar-refractivity contribution in [3.05, 3.63) is 41.1 Å². The van der Waals surface area contributed by atoms with Gasteiger partial charge in [-0.05, 0) is 25.0 Å². The molecule has 118 valence electrons. The van der Waals surface area contributed by atoms with E-state index in [1.807, 2.05) is 0 Å². The minimum Gasteiger partial charge on any atom is -0.367 e. The van der Waals surface area contributed by atoms with E-state index in [9.17, 15) is 13.2 Å². The summed E-state index contributed by atoms with van der Waals surface area (Å²) in [6, 6.07) is 1.70. The van der Waals surface area contributed by atoms with E-state index in [0.717, 1.165) is 25.0 Å². The van der Waals surface area contributed by atoms with E-state index in [1.54, 1.807) is 0 Å². The standard InChI is InChI=1S/C14H9ClF3N5/c15-12-10(9-7(16)3-4-8(17)11(9)18)13(21-6-1-2-6)23-14(22-12)19-5-20-23/h3-6,21H,1-2H2. The molecule has 23 heavy (non-hydrogen) atoms. The topological polar surface area (TPSA) is 55.1 Å². The minimum atomic E-state index is -1.33. The maximum absolute atomic E-state index is 14.2. The second kappa shape index (κ2) is 5.09. The molecule has 1 saturated carbocycles. The van der Waals surface area contributed by atoms with Crippen molar-refractivity contribution in [2.75, 3.05) is 5.32 Å². The van der Waals surface area contributed by atoms with Gasteiger partial charge in [-0.3, -0.25) is 0 Å². The molecule has 3 aromatic rings. The average Bonchev–Trinajstić information content (AvgIpc) is 3.21. The van der Waals surface area contributed by atoms with Crippen LogP contribution in [0.2, 0.25) is 5.15 Å². The summed E-state index contributed by atoms with van der Waals surface area (Å²) in [6.45, 7) is 0. The number of hydrogen-bond acceptors (Lipinski definition) is 4. The first-order valence-corrected chi connectivity index (χ1v) is 7.23. The molecule has 1 aromatic carbocycles. The maximum atomic E-state index is 14.2. The van der Waals surface area contributed by atoms with E-state index in [2.05, 4.69) is 20.4 Å². The van der Waals surface area contributed by atoms with E-state index in [0.29, 0.717) is 0 Å². The Bertz CT molecular complexity index is 922. The second-order valence-electron chi connectivity index (χ2n) is 5.23. The van der Waals surface area contributed by atoms with Crippen LogP contribution in [-0.2, 0) is 0 Å². The number of hydrogen-bond donors (Lipinski definition) is 1. The Labute approximate surface area is 133 Å². The van der Waals surface area contributed by atoms with Crippen molar-refractivity contribution in [3.63, 3.8) is 0 Å². The van der Waals surface area contributed by atoms with Crippen LogP contribution in [0.4, 0.5) is 19.0 Å². The van der Waals surface area contributed by atoms with Gasteiger partial charge < -0.3 is 5.32 Å². The predicted molar refractivity (Wildman–Crippen MR) is 77.7 cm³/mol. The van der Waals surface area contributed by atoms with Crippen LogP contribution < -0.4 is 5.32 Å². The third-order valence-electron chi connectivity index (χ3n) is 3.60. The number of rotatable bonds is 3. The van der Waals surface area contributed by atoms with Crippen molar-refractivity contribution < 1.29 is 13.2 Å². The highest BCUT2D eigenvalue weighted by Gasteiger charge is 2.29. The van der Waals surface area contributed by atoms with Gasteiger partial charge in [0.25, 0.3) is 5.78 Å². The monoisotopic (exact) mass is 339 g/mol. The van der Waals surface area contributed by atoms with E-state index in [-0.39, 0.29) is 28.4 Å². The predicted octanol–water partition coefficient (Wildman–Crippen LogP) is 3.44. The number of anilines is 1. The number of benzene rings is 1. The van der Waals surface area contributed by atoms with Gasteiger partial charge in [-0.25, -0.2) is 13.2 Å². The van der Waals surface area contributed by atoms with Crippen LogP contribution in [0.3, 0.4) is 0 Å². The van der Waals surface area contributed by atoms with Gasteiger partial charge in [0.15, 0.2) is 11.6 Å². The Kier molecular flexibility index (Phi) is 3.15. The Morgan fingerprint density at radius 1 is 1.13 bits per heavy atom. The highest BCUT2D eigenvalue weighted by molar-refractivity contribution is 6.33. The fourth-order valence-corrected chi connectivity index (χ4v) is 2.61. The summed E-state index contributed by atoms with van der Waals surface area (Å²) >= 11 is 6.11. The molecule has 1 aliphatic carbocycles. The largest absolute Gasteiger partial charge is 0.367 e. The van der Waals surface area contributed by atoms with Crippen molar-refractivity contribution in [2.45, 2.75) is 18.9 Å². The van der Waals surface area contributed by atoms with Gasteiger partial charge in [0, 0.05) is 6.04 Å². The number of nitrogens with one attached hydrogen (secondary N) is 1. The summed E-state index contributed by atoms with van der Waals surface area (Å²) in [4.78, 5) is 7.89. The molecule has 2 aromatic heterocycles. The lowest BCUT2D eigenvalue weighted by Gasteiger charge is -2.15. The fourth-order valence-electron chi connectivity index (χ4n) is 2.35. The van der Waals surface area contributed by atoms with Crippen molar-refractivity contribution in [2.24, 2.45) is 0 Å². The van der Waals surface area contributed by atoms with Crippen molar-refractivity contribution in [1.29, 1.82) is 0 Å². The molecule has 1 aliphatic rings. The van der Waals surface area contributed by atoms with Crippen LogP contribution in [0.5, 0.6) is 0 Å². The molecular weight excluding hydrogens is 331 g/mol. The molecular formula is C14H9ClF3N5. The first kappa shape index (κ1) is 14.3. The van der Waals surface area contributed by atoms with Crippen molar-refractivity contribution in [1.82, 2.24) is 19.6 Å². The maximum Gasteiger partial charge on any atom is 0.255 e. The zero-order chi connectivity index (χ0) is 16.1. The molecule has 0 saturated heterocycles. The molecule has 0 radical (unpaired) electrons. The summed E-state index contributed by atoms with van der Waals surface area (Å²) < 4.78 is 43.3. The van der Waals surface area contributed by atoms with Crippen molar-refractivity contribution >= 4 is 23.2 Å². The normalized spacial score (nSPS) is 14.4. The van der Waals surface area contributed by atoms with Crippen LogP contribution in [0.1, 0.15) is 12.8 Å². The van der Waals surface area contributed by atoms with Crippen molar-refractivity contribution in [3.8, 4) is 11.1 Å². The van der Waals surface area contributed by atoms with Gasteiger partial charge in [-0.15, -0.1) is 0 Å². The highest BCUT2D eigenvalue weighted by Crippen LogP contribution is 2.39. The third-order valence-corrected chi connectivity index (χ3v) is 3.87. The van der Waals surface area contributed by atoms with E-state index >= 15 is 0 Å². The lowest BCUT2D eigenvalue weighted by molar-refractivity contribution is 0.499. The van der Waals surface area contributed by atoms with Crippen LogP contribution in [0.15, 0.2) is 18.5 Å². The number of nitrogens with zero attached hydrogens (tertiary/aromatic N) is 4. The summed E-state index contributed by atoms with van der Waals surface area (Å²) in [7, 11) is 0. The second-order valence-corrected chi connectivity index (χ2v) is 5.59. The van der Waals surface area contributed by atoms with Crippen LogP contribution in [0, 0.1) is 17.5 Å². The molecule has 0 amide bonds. The number of fused-ring (bicyclic) bond motifs is 1. The molecule has 0 spiro atoms. The lowest BCUT2D eigenvalue weighted by Crippen LogP contribution is -2.11. The molecule has 5 nitrogen and oxygen atoms in total. The van der Waals surface area contributed by atoms with E-state index in [1.165, 1.54) is 10.8 Å². The fraction of sp³-hybridized carbons (Fsp3) is 0.214.